The second kappa shape index (κ2) is 4.76. The van der Waals surface area contributed by atoms with Gasteiger partial charge in [0.2, 0.25) is 0 Å². The van der Waals surface area contributed by atoms with Gasteiger partial charge in [-0.3, -0.25) is 4.90 Å². The predicted molar refractivity (Wildman–Crippen MR) is 70.3 cm³/mol. The smallest absolute Gasteiger partial charge is 0.412 e. The number of hydrogen-bond acceptors (Lipinski definition) is 3. The molecule has 100 valence electrons. The zero-order chi connectivity index (χ0) is 13.4. The molecule has 1 amide bonds. The van der Waals surface area contributed by atoms with Crippen molar-refractivity contribution >= 4 is 22.0 Å². The van der Waals surface area contributed by atoms with Crippen LogP contribution in [0.5, 0.6) is 0 Å². The fourth-order valence-electron chi connectivity index (χ4n) is 2.06. The highest BCUT2D eigenvalue weighted by Crippen LogP contribution is 2.34. The molecule has 0 aromatic heterocycles. The molecule has 5 heteroatoms. The van der Waals surface area contributed by atoms with Crippen molar-refractivity contribution in [3.8, 4) is 0 Å². The first-order valence-electron chi connectivity index (χ1n) is 5.84. The Balaban J connectivity index is 2.89. The van der Waals surface area contributed by atoms with Crippen LogP contribution in [0.25, 0.3) is 0 Å². The summed E-state index contributed by atoms with van der Waals surface area (Å²) in [6, 6.07) is -0.000139. The Bertz CT molecular complexity index is 299. The normalized spacial score (nSPS) is 28.3. The summed E-state index contributed by atoms with van der Waals surface area (Å²) in [4.78, 5) is 13.9. The van der Waals surface area contributed by atoms with Gasteiger partial charge in [0, 0.05) is 5.33 Å². The van der Waals surface area contributed by atoms with Crippen LogP contribution in [0.15, 0.2) is 0 Å². The lowest BCUT2D eigenvalue weighted by Gasteiger charge is -2.34. The molecule has 2 atom stereocenters. The maximum Gasteiger partial charge on any atom is 0.412 e. The number of rotatable bonds is 1. The average Bonchev–Trinajstić information content (AvgIpc) is 2.31. The van der Waals surface area contributed by atoms with Crippen molar-refractivity contribution in [2.45, 2.75) is 65.0 Å². The van der Waals surface area contributed by atoms with Crippen LogP contribution >= 0.6 is 15.9 Å². The molecule has 0 bridgehead atoms. The molecular formula is C12H22BrNO3. The van der Waals surface area contributed by atoms with Crippen LogP contribution in [0.1, 0.15) is 41.5 Å². The van der Waals surface area contributed by atoms with E-state index in [-0.39, 0.29) is 18.2 Å². The molecule has 1 heterocycles. The molecule has 0 unspecified atom stereocenters. The first-order chi connectivity index (χ1) is 7.58. The van der Waals surface area contributed by atoms with Crippen molar-refractivity contribution in [2.75, 3.05) is 5.33 Å². The van der Waals surface area contributed by atoms with E-state index in [0.717, 1.165) is 0 Å². The van der Waals surface area contributed by atoms with Gasteiger partial charge in [-0.2, -0.15) is 0 Å². The van der Waals surface area contributed by atoms with Crippen molar-refractivity contribution in [1.29, 1.82) is 0 Å². The van der Waals surface area contributed by atoms with E-state index in [1.54, 1.807) is 4.90 Å². The van der Waals surface area contributed by atoms with E-state index in [1.807, 2.05) is 41.5 Å². The number of alkyl halides is 1. The molecule has 1 saturated heterocycles. The maximum atomic E-state index is 12.2. The van der Waals surface area contributed by atoms with E-state index < -0.39 is 11.3 Å². The van der Waals surface area contributed by atoms with Crippen LogP contribution < -0.4 is 0 Å². The number of halogens is 1. The largest absolute Gasteiger partial charge is 0.444 e. The second-order valence-electron chi connectivity index (χ2n) is 5.84. The minimum atomic E-state index is -0.625. The third-order valence-corrected chi connectivity index (χ3v) is 3.34. The van der Waals surface area contributed by atoms with Crippen LogP contribution in [0.2, 0.25) is 0 Å². The van der Waals surface area contributed by atoms with E-state index in [2.05, 4.69) is 15.9 Å². The lowest BCUT2D eigenvalue weighted by molar-refractivity contribution is -0.0753. The summed E-state index contributed by atoms with van der Waals surface area (Å²) in [5.41, 5.74) is -1.12. The molecular weight excluding hydrogens is 286 g/mol. The summed E-state index contributed by atoms with van der Waals surface area (Å²) in [6.45, 7) is 11.3. The van der Waals surface area contributed by atoms with Gasteiger partial charge < -0.3 is 9.47 Å². The monoisotopic (exact) mass is 307 g/mol. The molecule has 1 aliphatic rings. The van der Waals surface area contributed by atoms with Gasteiger partial charge in [0.05, 0.1) is 12.1 Å². The SMILES string of the molecule is C[C@@H]1OC(C)(C)N(C(=O)OC(C)(C)C)[C@@H]1CBr. The van der Waals surface area contributed by atoms with Gasteiger partial charge in [-0.25, -0.2) is 4.79 Å². The Kier molecular flexibility index (Phi) is 4.14. The Morgan fingerprint density at radius 1 is 1.47 bits per heavy atom. The fourth-order valence-corrected chi connectivity index (χ4v) is 2.88. The molecule has 1 aliphatic heterocycles. The predicted octanol–water partition coefficient (Wildman–Crippen LogP) is 3.14. The molecule has 1 fully saturated rings. The van der Waals surface area contributed by atoms with Crippen LogP contribution in [-0.4, -0.2) is 39.8 Å². The lowest BCUT2D eigenvalue weighted by Crippen LogP contribution is -2.50. The second-order valence-corrected chi connectivity index (χ2v) is 6.49. The first kappa shape index (κ1) is 14.8. The van der Waals surface area contributed by atoms with Crippen molar-refractivity contribution in [2.24, 2.45) is 0 Å². The fraction of sp³-hybridized carbons (Fsp3) is 0.917. The molecule has 4 nitrogen and oxygen atoms in total. The van der Waals surface area contributed by atoms with Crippen LogP contribution in [0.3, 0.4) is 0 Å². The Labute approximate surface area is 112 Å². The van der Waals surface area contributed by atoms with E-state index in [4.69, 9.17) is 9.47 Å². The number of carbonyl (C=O) groups excluding carboxylic acids is 1. The van der Waals surface area contributed by atoms with E-state index >= 15 is 0 Å². The van der Waals surface area contributed by atoms with Gasteiger partial charge in [0.15, 0.2) is 0 Å². The molecule has 0 aromatic rings. The first-order valence-corrected chi connectivity index (χ1v) is 6.97. The van der Waals surface area contributed by atoms with Gasteiger partial charge in [0.25, 0.3) is 0 Å². The van der Waals surface area contributed by atoms with Crippen LogP contribution in [0.4, 0.5) is 4.79 Å². The van der Waals surface area contributed by atoms with Crippen molar-refractivity contribution < 1.29 is 14.3 Å². The maximum absolute atomic E-state index is 12.2. The highest BCUT2D eigenvalue weighted by Gasteiger charge is 2.48. The minimum Gasteiger partial charge on any atom is -0.444 e. The van der Waals surface area contributed by atoms with Crippen LogP contribution in [-0.2, 0) is 9.47 Å². The molecule has 0 aromatic carbocycles. The quantitative estimate of drug-likeness (QED) is 0.699. The topological polar surface area (TPSA) is 38.8 Å². The molecule has 1 rings (SSSR count). The van der Waals surface area contributed by atoms with E-state index in [0.29, 0.717) is 5.33 Å². The van der Waals surface area contributed by atoms with Crippen LogP contribution in [0, 0.1) is 0 Å². The number of carbonyl (C=O) groups is 1. The van der Waals surface area contributed by atoms with Gasteiger partial charge in [-0.15, -0.1) is 0 Å². The number of ether oxygens (including phenoxy) is 2. The zero-order valence-corrected chi connectivity index (χ0v) is 13.0. The van der Waals surface area contributed by atoms with Crippen molar-refractivity contribution in [3.63, 3.8) is 0 Å². The van der Waals surface area contributed by atoms with Crippen molar-refractivity contribution in [3.05, 3.63) is 0 Å². The molecule has 0 aliphatic carbocycles. The minimum absolute atomic E-state index is 0.000139. The molecule has 0 saturated carbocycles. The summed E-state index contributed by atoms with van der Waals surface area (Å²) < 4.78 is 11.2. The number of amides is 1. The Hall–Kier alpha value is -0.290. The van der Waals surface area contributed by atoms with E-state index in [1.165, 1.54) is 0 Å². The third kappa shape index (κ3) is 3.35. The third-order valence-electron chi connectivity index (χ3n) is 2.68. The average molecular weight is 308 g/mol. The highest BCUT2D eigenvalue weighted by atomic mass is 79.9. The molecule has 0 radical (unpaired) electrons. The lowest BCUT2D eigenvalue weighted by atomic mass is 10.2. The summed E-state index contributed by atoms with van der Waals surface area (Å²) in [6.07, 6.45) is -0.326. The number of hydrogen-bond donors (Lipinski definition) is 0. The van der Waals surface area contributed by atoms with Gasteiger partial charge >= 0.3 is 6.09 Å². The van der Waals surface area contributed by atoms with E-state index in [9.17, 15) is 4.79 Å². The zero-order valence-electron chi connectivity index (χ0n) is 11.4. The molecule has 0 spiro atoms. The molecule has 17 heavy (non-hydrogen) atoms. The highest BCUT2D eigenvalue weighted by molar-refractivity contribution is 9.09. The van der Waals surface area contributed by atoms with Gasteiger partial charge in [-0.05, 0) is 41.5 Å². The van der Waals surface area contributed by atoms with Gasteiger partial charge in [0.1, 0.15) is 11.3 Å². The number of nitrogens with zero attached hydrogens (tertiary/aromatic N) is 1. The molecule has 0 N–H and O–H groups in total. The summed E-state index contributed by atoms with van der Waals surface area (Å²) in [7, 11) is 0. The standard InChI is InChI=1S/C12H22BrNO3/c1-8-9(7-13)14(12(5,6)16-8)10(15)17-11(2,3)4/h8-9H,7H2,1-6H3/t8-,9+/m0/s1. The summed E-state index contributed by atoms with van der Waals surface area (Å²) >= 11 is 3.43. The van der Waals surface area contributed by atoms with Crippen molar-refractivity contribution in [1.82, 2.24) is 4.90 Å². The van der Waals surface area contributed by atoms with Gasteiger partial charge in [-0.1, -0.05) is 15.9 Å². The Morgan fingerprint density at radius 3 is 2.41 bits per heavy atom. The summed E-state index contributed by atoms with van der Waals surface area (Å²) in [5, 5.41) is 0.677. The summed E-state index contributed by atoms with van der Waals surface area (Å²) in [5.74, 6) is 0. The Morgan fingerprint density at radius 2 is 2.00 bits per heavy atom.